The van der Waals surface area contributed by atoms with Crippen LogP contribution in [0.3, 0.4) is 0 Å². The predicted molar refractivity (Wildman–Crippen MR) is 144 cm³/mol. The lowest BCUT2D eigenvalue weighted by molar-refractivity contribution is -0.137. The zero-order valence-corrected chi connectivity index (χ0v) is 21.2. The van der Waals surface area contributed by atoms with E-state index in [1.54, 1.807) is 30.3 Å². The third-order valence-corrected chi connectivity index (χ3v) is 6.73. The Labute approximate surface area is 226 Å². The number of fused-ring (bicyclic) bond motifs is 1. The Morgan fingerprint density at radius 2 is 1.70 bits per heavy atom. The van der Waals surface area contributed by atoms with Crippen LogP contribution in [0.25, 0.3) is 11.1 Å². The van der Waals surface area contributed by atoms with Gasteiger partial charge in [0.25, 0.3) is 5.91 Å². The Hall–Kier alpha value is -4.99. The van der Waals surface area contributed by atoms with Gasteiger partial charge in [0.15, 0.2) is 12.0 Å². The predicted octanol–water partition coefficient (Wildman–Crippen LogP) is 7.14. The highest BCUT2D eigenvalue weighted by atomic mass is 19.4. The van der Waals surface area contributed by atoms with E-state index in [-0.39, 0.29) is 39.5 Å². The smallest absolute Gasteiger partial charge is 0.416 e. The van der Waals surface area contributed by atoms with Crippen molar-refractivity contribution >= 4 is 35.0 Å². The molecule has 0 spiro atoms. The van der Waals surface area contributed by atoms with Gasteiger partial charge < -0.3 is 5.11 Å². The van der Waals surface area contributed by atoms with Crippen molar-refractivity contribution < 1.29 is 32.3 Å². The first-order valence-corrected chi connectivity index (χ1v) is 12.0. The van der Waals surface area contributed by atoms with Crippen LogP contribution in [-0.4, -0.2) is 23.0 Å². The van der Waals surface area contributed by atoms with E-state index in [0.717, 1.165) is 29.3 Å². The first-order valence-electron chi connectivity index (χ1n) is 12.0. The van der Waals surface area contributed by atoms with Gasteiger partial charge in [0.2, 0.25) is 0 Å². The molecule has 4 aromatic rings. The van der Waals surface area contributed by atoms with Crippen LogP contribution >= 0.6 is 0 Å². The summed E-state index contributed by atoms with van der Waals surface area (Å²) in [7, 11) is 0. The van der Waals surface area contributed by atoms with Gasteiger partial charge in [-0.1, -0.05) is 24.3 Å². The Morgan fingerprint density at radius 1 is 0.925 bits per heavy atom. The van der Waals surface area contributed by atoms with E-state index in [1.165, 1.54) is 29.2 Å². The van der Waals surface area contributed by atoms with Gasteiger partial charge >= 0.3 is 6.18 Å². The van der Waals surface area contributed by atoms with Crippen LogP contribution in [0.2, 0.25) is 0 Å². The van der Waals surface area contributed by atoms with Gasteiger partial charge in [-0.2, -0.15) is 18.3 Å². The molecule has 5 rings (SSSR count). The van der Waals surface area contributed by atoms with Crippen LogP contribution in [0, 0.1) is 19.7 Å². The van der Waals surface area contributed by atoms with Crippen molar-refractivity contribution in [3.8, 4) is 16.9 Å². The summed E-state index contributed by atoms with van der Waals surface area (Å²) in [5, 5.41) is 15.1. The molecule has 0 saturated carbocycles. The number of benzene rings is 4. The molecule has 6 nitrogen and oxygen atoms in total. The largest absolute Gasteiger partial charge is 0.505 e. The molecule has 2 N–H and O–H groups in total. The molecule has 202 valence electrons. The van der Waals surface area contributed by atoms with Crippen LogP contribution in [0.15, 0.2) is 77.9 Å². The summed E-state index contributed by atoms with van der Waals surface area (Å²) in [5.74, 6) is -1.66. The number of nitrogens with zero attached hydrogens (tertiary/aromatic N) is 2. The van der Waals surface area contributed by atoms with Crippen molar-refractivity contribution in [3.63, 3.8) is 0 Å². The number of phenols is 1. The van der Waals surface area contributed by atoms with Crippen LogP contribution in [-0.2, 0) is 11.0 Å². The number of aldehydes is 1. The number of amides is 1. The van der Waals surface area contributed by atoms with E-state index in [0.29, 0.717) is 17.5 Å². The lowest BCUT2D eigenvalue weighted by Crippen LogP contribution is -2.26. The number of aryl methyl sites for hydroxylation is 2. The van der Waals surface area contributed by atoms with Crippen LogP contribution < -0.4 is 10.3 Å². The second kappa shape index (κ2) is 9.96. The minimum atomic E-state index is -4.62. The molecule has 1 heterocycles. The van der Waals surface area contributed by atoms with E-state index in [9.17, 15) is 32.3 Å². The van der Waals surface area contributed by atoms with Gasteiger partial charge in [0, 0.05) is 16.8 Å². The molecular weight excluding hydrogens is 526 g/mol. The monoisotopic (exact) mass is 547 g/mol. The fourth-order valence-corrected chi connectivity index (χ4v) is 4.44. The number of halogens is 4. The van der Waals surface area contributed by atoms with Gasteiger partial charge in [0.1, 0.15) is 11.6 Å². The summed E-state index contributed by atoms with van der Waals surface area (Å²) in [4.78, 5) is 25.9. The molecule has 0 fully saturated rings. The number of rotatable bonds is 5. The minimum Gasteiger partial charge on any atom is -0.505 e. The summed E-state index contributed by atoms with van der Waals surface area (Å²) < 4.78 is 54.4. The first kappa shape index (κ1) is 26.6. The molecule has 40 heavy (non-hydrogen) atoms. The Balaban J connectivity index is 1.57. The number of carbonyl (C=O) groups is 2. The van der Waals surface area contributed by atoms with Gasteiger partial charge in [-0.25, -0.2) is 4.39 Å². The quantitative estimate of drug-likeness (QED) is 0.120. The number of nitrogens with one attached hydrogen (secondary N) is 1. The number of phenolic OH excluding ortho intramolecular Hbond substituents is 1. The van der Waals surface area contributed by atoms with Gasteiger partial charge in [-0.05, 0) is 79.1 Å². The maximum Gasteiger partial charge on any atom is 0.416 e. The average Bonchev–Trinajstić information content (AvgIpc) is 3.20. The fraction of sp³-hybridized carbons (Fsp3) is 0.100. The number of aromatic hydroxyl groups is 1. The van der Waals surface area contributed by atoms with Gasteiger partial charge in [-0.15, -0.1) is 0 Å². The molecule has 10 heteroatoms. The van der Waals surface area contributed by atoms with E-state index in [4.69, 9.17) is 0 Å². The summed E-state index contributed by atoms with van der Waals surface area (Å²) in [6.45, 7) is 3.71. The van der Waals surface area contributed by atoms with Gasteiger partial charge in [0.05, 0.1) is 22.5 Å². The van der Waals surface area contributed by atoms with Crippen molar-refractivity contribution in [3.05, 3.63) is 106 Å². The number of hydrazone groups is 1. The molecule has 0 bridgehead atoms. The second-order valence-corrected chi connectivity index (χ2v) is 9.27. The summed E-state index contributed by atoms with van der Waals surface area (Å²) in [6.07, 6.45) is -4.26. The molecule has 0 aromatic heterocycles. The summed E-state index contributed by atoms with van der Waals surface area (Å²) in [6, 6.07) is 16.5. The first-order chi connectivity index (χ1) is 19.0. The molecule has 0 saturated heterocycles. The van der Waals surface area contributed by atoms with E-state index < -0.39 is 23.5 Å². The maximum absolute atomic E-state index is 13.8. The number of hydrogen-bond acceptors (Lipinski definition) is 5. The highest BCUT2D eigenvalue weighted by molar-refractivity contribution is 6.55. The fourth-order valence-electron chi connectivity index (χ4n) is 4.44. The van der Waals surface area contributed by atoms with Crippen LogP contribution in [0.1, 0.15) is 32.6 Å². The van der Waals surface area contributed by atoms with Crippen molar-refractivity contribution in [2.24, 2.45) is 5.10 Å². The van der Waals surface area contributed by atoms with Crippen molar-refractivity contribution in [1.29, 1.82) is 0 Å². The number of carbonyl (C=O) groups excluding carboxylic acids is 2. The molecule has 0 radical (unpaired) electrons. The zero-order valence-electron chi connectivity index (χ0n) is 21.2. The normalized spacial score (nSPS) is 14.0. The molecule has 0 aliphatic carbocycles. The number of hydrogen-bond donors (Lipinski definition) is 2. The second-order valence-electron chi connectivity index (χ2n) is 9.27. The third kappa shape index (κ3) is 4.68. The molecule has 1 amide bonds. The Morgan fingerprint density at radius 3 is 2.40 bits per heavy atom. The Bertz CT molecular complexity index is 1710. The lowest BCUT2D eigenvalue weighted by atomic mass is 10.0. The minimum absolute atomic E-state index is 0.0225. The molecule has 1 aliphatic rings. The highest BCUT2D eigenvalue weighted by Crippen LogP contribution is 2.41. The van der Waals surface area contributed by atoms with E-state index in [1.807, 2.05) is 13.8 Å². The van der Waals surface area contributed by atoms with Crippen LogP contribution in [0.5, 0.6) is 5.75 Å². The molecule has 0 atom stereocenters. The maximum atomic E-state index is 13.8. The SMILES string of the molecule is Cc1ccc(N2C(=O)/C(=N\Nc3cccc(-c4ccc(F)c(C=O)c4)c3O)c3ccc(C(F)(F)F)cc32)cc1C. The zero-order chi connectivity index (χ0) is 28.8. The standard InChI is InChI=1S/C30H21F4N3O3/c1-16-6-9-21(12-17(16)2)37-26-14-20(30(32,33)34)8-10-23(26)27(29(37)40)36-35-25-5-3-4-22(28(25)39)18-7-11-24(31)19(13-18)15-38/h3-15,35,39H,1-2H3/b36-27-. The molecular formula is C30H21F4N3O3. The summed E-state index contributed by atoms with van der Waals surface area (Å²) in [5.41, 5.74) is 4.46. The number of anilines is 3. The topological polar surface area (TPSA) is 82.0 Å². The van der Waals surface area contributed by atoms with Crippen molar-refractivity contribution in [2.45, 2.75) is 20.0 Å². The number of para-hydroxylation sites is 1. The third-order valence-electron chi connectivity index (χ3n) is 6.73. The van der Waals surface area contributed by atoms with Gasteiger partial charge in [-0.3, -0.25) is 19.9 Å². The molecule has 4 aromatic carbocycles. The molecule has 0 unspecified atom stereocenters. The number of alkyl halides is 3. The summed E-state index contributed by atoms with van der Waals surface area (Å²) >= 11 is 0. The average molecular weight is 548 g/mol. The molecule has 1 aliphatic heterocycles. The Kier molecular flexibility index (Phi) is 6.62. The highest BCUT2D eigenvalue weighted by Gasteiger charge is 2.39. The van der Waals surface area contributed by atoms with E-state index in [2.05, 4.69) is 10.5 Å². The van der Waals surface area contributed by atoms with E-state index >= 15 is 0 Å². The lowest BCUT2D eigenvalue weighted by Gasteiger charge is -2.19. The van der Waals surface area contributed by atoms with Crippen molar-refractivity contribution in [2.75, 3.05) is 10.3 Å². The van der Waals surface area contributed by atoms with Crippen molar-refractivity contribution in [1.82, 2.24) is 0 Å². The van der Waals surface area contributed by atoms with Crippen LogP contribution in [0.4, 0.5) is 34.6 Å².